The molecule has 0 saturated carbocycles. The molecule has 1 N–H and O–H groups in total. The van der Waals surface area contributed by atoms with Gasteiger partial charge in [-0.1, -0.05) is 28.9 Å². The first kappa shape index (κ1) is 13.6. The summed E-state index contributed by atoms with van der Waals surface area (Å²) in [6, 6.07) is 11.1. The van der Waals surface area contributed by atoms with E-state index in [0.717, 1.165) is 11.6 Å². The molecule has 0 bridgehead atoms. The highest BCUT2D eigenvalue weighted by molar-refractivity contribution is 6.30. The fraction of sp³-hybridized carbons (Fsp3) is 0.0667. The van der Waals surface area contributed by atoms with Crippen LogP contribution in [0.3, 0.4) is 0 Å². The zero-order chi connectivity index (χ0) is 14.8. The summed E-state index contributed by atoms with van der Waals surface area (Å²) in [5.41, 5.74) is 1.08. The van der Waals surface area contributed by atoms with Gasteiger partial charge in [-0.25, -0.2) is 4.39 Å². The van der Waals surface area contributed by atoms with Crippen molar-refractivity contribution in [2.75, 3.05) is 0 Å². The highest BCUT2D eigenvalue weighted by Gasteiger charge is 2.14. The SMILES string of the molecule is Oc1ccc(-c2nc(Cc3cccc(Cl)c3)no2)c(F)c1. The molecule has 2 aromatic carbocycles. The monoisotopic (exact) mass is 304 g/mol. The lowest BCUT2D eigenvalue weighted by Gasteiger charge is -1.98. The van der Waals surface area contributed by atoms with Gasteiger partial charge < -0.3 is 9.63 Å². The minimum Gasteiger partial charge on any atom is -0.508 e. The topological polar surface area (TPSA) is 59.2 Å². The Hall–Kier alpha value is -2.40. The van der Waals surface area contributed by atoms with E-state index < -0.39 is 5.82 Å². The molecular weight excluding hydrogens is 295 g/mol. The molecule has 0 aliphatic rings. The standard InChI is InChI=1S/C15H10ClFN2O2/c16-10-3-1-2-9(6-10)7-14-18-15(21-19-14)12-5-4-11(20)8-13(12)17/h1-6,8,20H,7H2. The second-order valence-corrected chi connectivity index (χ2v) is 4.92. The van der Waals surface area contributed by atoms with Gasteiger partial charge in [0.2, 0.25) is 0 Å². The first-order valence-electron chi connectivity index (χ1n) is 6.18. The van der Waals surface area contributed by atoms with Crippen LogP contribution in [0.25, 0.3) is 11.5 Å². The molecule has 1 heterocycles. The van der Waals surface area contributed by atoms with E-state index in [-0.39, 0.29) is 17.2 Å². The summed E-state index contributed by atoms with van der Waals surface area (Å²) in [5.74, 6) is -0.271. The number of hydrogen-bond donors (Lipinski definition) is 1. The lowest BCUT2D eigenvalue weighted by Crippen LogP contribution is -1.91. The molecule has 21 heavy (non-hydrogen) atoms. The number of hydrogen-bond acceptors (Lipinski definition) is 4. The molecule has 0 radical (unpaired) electrons. The Kier molecular flexibility index (Phi) is 3.58. The second kappa shape index (κ2) is 5.54. The predicted octanol–water partition coefficient (Wildman–Crippen LogP) is 3.83. The largest absolute Gasteiger partial charge is 0.508 e. The van der Waals surface area contributed by atoms with Crippen molar-refractivity contribution in [3.8, 4) is 17.2 Å². The van der Waals surface area contributed by atoms with Crippen LogP contribution in [0.15, 0.2) is 47.0 Å². The molecule has 0 atom stereocenters. The van der Waals surface area contributed by atoms with Crippen molar-refractivity contribution in [1.82, 2.24) is 10.1 Å². The summed E-state index contributed by atoms with van der Waals surface area (Å²) >= 11 is 5.91. The Morgan fingerprint density at radius 2 is 2.05 bits per heavy atom. The van der Waals surface area contributed by atoms with Crippen LogP contribution in [0.2, 0.25) is 5.02 Å². The third-order valence-electron chi connectivity index (χ3n) is 2.90. The number of rotatable bonds is 3. The second-order valence-electron chi connectivity index (χ2n) is 4.49. The van der Waals surface area contributed by atoms with Gasteiger partial charge in [0.05, 0.1) is 5.56 Å². The molecule has 0 saturated heterocycles. The number of aromatic nitrogens is 2. The molecular formula is C15H10ClFN2O2. The number of benzene rings is 2. The van der Waals surface area contributed by atoms with E-state index in [1.165, 1.54) is 12.1 Å². The minimum absolute atomic E-state index is 0.0736. The molecule has 4 nitrogen and oxygen atoms in total. The van der Waals surface area contributed by atoms with Gasteiger partial charge in [0.25, 0.3) is 5.89 Å². The average molecular weight is 305 g/mol. The predicted molar refractivity (Wildman–Crippen MR) is 75.6 cm³/mol. The summed E-state index contributed by atoms with van der Waals surface area (Å²) in [6.07, 6.45) is 0.434. The van der Waals surface area contributed by atoms with E-state index in [4.69, 9.17) is 16.1 Å². The van der Waals surface area contributed by atoms with Gasteiger partial charge >= 0.3 is 0 Å². The molecule has 0 fully saturated rings. The zero-order valence-electron chi connectivity index (χ0n) is 10.8. The van der Waals surface area contributed by atoms with E-state index in [1.54, 1.807) is 12.1 Å². The average Bonchev–Trinajstić information content (AvgIpc) is 2.87. The maximum absolute atomic E-state index is 13.7. The van der Waals surface area contributed by atoms with Crippen LogP contribution in [0.5, 0.6) is 5.75 Å². The number of nitrogens with zero attached hydrogens (tertiary/aromatic N) is 2. The van der Waals surface area contributed by atoms with Crippen molar-refractivity contribution >= 4 is 11.6 Å². The summed E-state index contributed by atoms with van der Waals surface area (Å²) < 4.78 is 18.8. The number of phenolic OH excluding ortho intramolecular Hbond substituents is 1. The third kappa shape index (κ3) is 3.03. The smallest absolute Gasteiger partial charge is 0.260 e. The van der Waals surface area contributed by atoms with Crippen molar-refractivity contribution in [3.05, 3.63) is 64.7 Å². The molecule has 0 unspecified atom stereocenters. The van der Waals surface area contributed by atoms with Gasteiger partial charge in [-0.2, -0.15) is 4.98 Å². The Morgan fingerprint density at radius 1 is 1.19 bits per heavy atom. The van der Waals surface area contributed by atoms with Crippen LogP contribution in [0, 0.1) is 5.82 Å². The normalized spacial score (nSPS) is 10.8. The van der Waals surface area contributed by atoms with Gasteiger partial charge in [-0.15, -0.1) is 0 Å². The van der Waals surface area contributed by atoms with Gasteiger partial charge in [0.1, 0.15) is 11.6 Å². The van der Waals surface area contributed by atoms with Crippen molar-refractivity contribution in [2.45, 2.75) is 6.42 Å². The van der Waals surface area contributed by atoms with Crippen LogP contribution in [-0.2, 0) is 6.42 Å². The number of phenols is 1. The Bertz CT molecular complexity index is 789. The van der Waals surface area contributed by atoms with Crippen LogP contribution >= 0.6 is 11.6 Å². The fourth-order valence-corrected chi connectivity index (χ4v) is 2.16. The molecule has 3 rings (SSSR count). The molecule has 106 valence electrons. The molecule has 0 aliphatic heterocycles. The highest BCUT2D eigenvalue weighted by atomic mass is 35.5. The molecule has 1 aromatic heterocycles. The van der Waals surface area contributed by atoms with Crippen LogP contribution < -0.4 is 0 Å². The Labute approximate surface area is 124 Å². The maximum atomic E-state index is 13.7. The van der Waals surface area contributed by atoms with Crippen LogP contribution in [-0.4, -0.2) is 15.2 Å². The minimum atomic E-state index is -0.618. The van der Waals surface area contributed by atoms with Crippen molar-refractivity contribution in [1.29, 1.82) is 0 Å². The fourth-order valence-electron chi connectivity index (χ4n) is 1.94. The molecule has 0 aliphatic carbocycles. The van der Waals surface area contributed by atoms with Gasteiger partial charge in [0, 0.05) is 17.5 Å². The summed E-state index contributed by atoms with van der Waals surface area (Å²) in [6.45, 7) is 0. The summed E-state index contributed by atoms with van der Waals surface area (Å²) in [5, 5.41) is 13.6. The van der Waals surface area contributed by atoms with E-state index in [1.807, 2.05) is 12.1 Å². The highest BCUT2D eigenvalue weighted by Crippen LogP contribution is 2.24. The molecule has 0 amide bonds. The van der Waals surface area contributed by atoms with Crippen molar-refractivity contribution < 1.29 is 14.0 Å². The first-order valence-corrected chi connectivity index (χ1v) is 6.55. The van der Waals surface area contributed by atoms with E-state index in [9.17, 15) is 9.50 Å². The van der Waals surface area contributed by atoms with Crippen LogP contribution in [0.4, 0.5) is 4.39 Å². The molecule has 0 spiro atoms. The Balaban J connectivity index is 1.86. The molecule has 3 aromatic rings. The van der Waals surface area contributed by atoms with Crippen LogP contribution in [0.1, 0.15) is 11.4 Å². The van der Waals surface area contributed by atoms with E-state index in [0.29, 0.717) is 17.3 Å². The zero-order valence-corrected chi connectivity index (χ0v) is 11.5. The first-order chi connectivity index (χ1) is 10.1. The molecule has 6 heteroatoms. The Morgan fingerprint density at radius 3 is 2.81 bits per heavy atom. The van der Waals surface area contributed by atoms with Gasteiger partial charge in [0.15, 0.2) is 5.82 Å². The van der Waals surface area contributed by atoms with Crippen molar-refractivity contribution in [3.63, 3.8) is 0 Å². The maximum Gasteiger partial charge on any atom is 0.260 e. The number of halogens is 2. The lowest BCUT2D eigenvalue weighted by atomic mass is 10.1. The summed E-state index contributed by atoms with van der Waals surface area (Å²) in [7, 11) is 0. The lowest BCUT2D eigenvalue weighted by molar-refractivity contribution is 0.421. The number of aromatic hydroxyl groups is 1. The summed E-state index contributed by atoms with van der Waals surface area (Å²) in [4.78, 5) is 4.15. The van der Waals surface area contributed by atoms with E-state index in [2.05, 4.69) is 10.1 Å². The van der Waals surface area contributed by atoms with Gasteiger partial charge in [-0.3, -0.25) is 0 Å². The van der Waals surface area contributed by atoms with Gasteiger partial charge in [-0.05, 0) is 29.8 Å². The quantitative estimate of drug-likeness (QED) is 0.799. The third-order valence-corrected chi connectivity index (χ3v) is 3.14. The van der Waals surface area contributed by atoms with Crippen molar-refractivity contribution in [2.24, 2.45) is 0 Å². The van der Waals surface area contributed by atoms with E-state index >= 15 is 0 Å².